The highest BCUT2D eigenvalue weighted by Crippen LogP contribution is 2.11. The Balaban J connectivity index is 2.33. The molecule has 0 saturated heterocycles. The normalized spacial score (nSPS) is 11.8. The van der Waals surface area contributed by atoms with Gasteiger partial charge in [-0.3, -0.25) is 0 Å². The zero-order valence-electron chi connectivity index (χ0n) is 11.9. The van der Waals surface area contributed by atoms with Gasteiger partial charge < -0.3 is 11.1 Å². The van der Waals surface area contributed by atoms with E-state index in [0.29, 0.717) is 0 Å². The SMILES string of the molecule is C=C(/C=C\C(=C/C)CC)CCNc1ccc(N)cc1. The van der Waals surface area contributed by atoms with Gasteiger partial charge in [0.25, 0.3) is 0 Å². The van der Waals surface area contributed by atoms with Crippen LogP contribution in [-0.2, 0) is 0 Å². The molecule has 3 N–H and O–H groups in total. The molecule has 2 nitrogen and oxygen atoms in total. The van der Waals surface area contributed by atoms with Gasteiger partial charge in [-0.1, -0.05) is 42.9 Å². The van der Waals surface area contributed by atoms with E-state index in [1.807, 2.05) is 24.3 Å². The summed E-state index contributed by atoms with van der Waals surface area (Å²) in [6, 6.07) is 7.78. The largest absolute Gasteiger partial charge is 0.399 e. The van der Waals surface area contributed by atoms with Gasteiger partial charge in [-0.05, 0) is 44.0 Å². The Morgan fingerprint density at radius 1 is 1.26 bits per heavy atom. The van der Waals surface area contributed by atoms with Crippen LogP contribution in [0.15, 0.2) is 60.2 Å². The summed E-state index contributed by atoms with van der Waals surface area (Å²) in [5.74, 6) is 0. The number of nitrogens with one attached hydrogen (secondary N) is 1. The predicted molar refractivity (Wildman–Crippen MR) is 86.3 cm³/mol. The first-order valence-electron chi connectivity index (χ1n) is 6.76. The molecule has 0 fully saturated rings. The third-order valence-electron chi connectivity index (χ3n) is 3.00. The van der Waals surface area contributed by atoms with Gasteiger partial charge >= 0.3 is 0 Å². The van der Waals surface area contributed by atoms with Crippen LogP contribution in [-0.4, -0.2) is 6.54 Å². The molecule has 0 saturated carbocycles. The number of rotatable bonds is 7. The summed E-state index contributed by atoms with van der Waals surface area (Å²) >= 11 is 0. The standard InChI is InChI=1S/C17H24N2/c1-4-15(5-2)7-6-14(3)12-13-19-17-10-8-16(18)9-11-17/h4,6-11,19H,3,5,12-13,18H2,1-2H3/b7-6-,15-4-. The maximum atomic E-state index is 5.64. The number of nitrogens with two attached hydrogens (primary N) is 1. The second-order valence-corrected chi connectivity index (χ2v) is 4.51. The molecule has 0 amide bonds. The monoisotopic (exact) mass is 256 g/mol. The fraction of sp³-hybridized carbons (Fsp3) is 0.294. The van der Waals surface area contributed by atoms with Gasteiger partial charge in [-0.25, -0.2) is 0 Å². The van der Waals surface area contributed by atoms with Crippen LogP contribution in [0.3, 0.4) is 0 Å². The van der Waals surface area contributed by atoms with Crippen molar-refractivity contribution in [3.8, 4) is 0 Å². The molecular weight excluding hydrogens is 232 g/mol. The van der Waals surface area contributed by atoms with E-state index < -0.39 is 0 Å². The van der Waals surface area contributed by atoms with Crippen LogP contribution >= 0.6 is 0 Å². The highest BCUT2D eigenvalue weighted by molar-refractivity contribution is 5.51. The molecule has 0 aliphatic rings. The molecule has 1 aromatic carbocycles. The smallest absolute Gasteiger partial charge is 0.0341 e. The topological polar surface area (TPSA) is 38.0 Å². The van der Waals surface area contributed by atoms with E-state index in [1.54, 1.807) is 0 Å². The highest BCUT2D eigenvalue weighted by atomic mass is 14.9. The third-order valence-corrected chi connectivity index (χ3v) is 3.00. The predicted octanol–water partition coefficient (Wildman–Crippen LogP) is 4.54. The Labute approximate surface area is 116 Å². The van der Waals surface area contributed by atoms with E-state index in [0.717, 1.165) is 36.3 Å². The van der Waals surface area contributed by atoms with Crippen LogP contribution < -0.4 is 11.1 Å². The van der Waals surface area contributed by atoms with Crippen LogP contribution in [0.25, 0.3) is 0 Å². The van der Waals surface area contributed by atoms with Gasteiger partial charge in [0, 0.05) is 17.9 Å². The average molecular weight is 256 g/mol. The summed E-state index contributed by atoms with van der Waals surface area (Å²) in [6.07, 6.45) is 8.37. The fourth-order valence-electron chi connectivity index (χ4n) is 1.69. The quantitative estimate of drug-likeness (QED) is 0.555. The molecule has 2 heteroatoms. The van der Waals surface area contributed by atoms with Crippen molar-refractivity contribution in [3.05, 3.63) is 60.2 Å². The summed E-state index contributed by atoms with van der Waals surface area (Å²) < 4.78 is 0. The number of benzene rings is 1. The minimum absolute atomic E-state index is 0.788. The molecule has 0 unspecified atom stereocenters. The van der Waals surface area contributed by atoms with Crippen molar-refractivity contribution in [2.45, 2.75) is 26.7 Å². The maximum absolute atomic E-state index is 5.64. The summed E-state index contributed by atoms with van der Waals surface area (Å²) in [7, 11) is 0. The Hall–Kier alpha value is -1.96. The first-order valence-corrected chi connectivity index (χ1v) is 6.76. The fourth-order valence-corrected chi connectivity index (χ4v) is 1.69. The molecule has 102 valence electrons. The van der Waals surface area contributed by atoms with Crippen molar-refractivity contribution in [1.29, 1.82) is 0 Å². The summed E-state index contributed by atoms with van der Waals surface area (Å²) in [5.41, 5.74) is 10.00. The lowest BCUT2D eigenvalue weighted by atomic mass is 10.1. The van der Waals surface area contributed by atoms with E-state index in [1.165, 1.54) is 5.57 Å². The number of nitrogen functional groups attached to an aromatic ring is 1. The van der Waals surface area contributed by atoms with Crippen molar-refractivity contribution < 1.29 is 0 Å². The molecule has 19 heavy (non-hydrogen) atoms. The van der Waals surface area contributed by atoms with Crippen molar-refractivity contribution >= 4 is 11.4 Å². The molecule has 1 aromatic rings. The molecule has 0 atom stereocenters. The molecule has 0 bridgehead atoms. The molecule has 0 aromatic heterocycles. The second-order valence-electron chi connectivity index (χ2n) is 4.51. The average Bonchev–Trinajstić information content (AvgIpc) is 2.42. The lowest BCUT2D eigenvalue weighted by molar-refractivity contribution is 1.03. The first kappa shape index (κ1) is 15.1. The zero-order valence-corrected chi connectivity index (χ0v) is 11.9. The molecule has 1 rings (SSSR count). The van der Waals surface area contributed by atoms with Crippen molar-refractivity contribution in [2.24, 2.45) is 0 Å². The van der Waals surface area contributed by atoms with E-state index in [2.05, 4.69) is 44.0 Å². The highest BCUT2D eigenvalue weighted by Gasteiger charge is 1.93. The van der Waals surface area contributed by atoms with Crippen LogP contribution in [0.4, 0.5) is 11.4 Å². The van der Waals surface area contributed by atoms with Gasteiger partial charge in [0.2, 0.25) is 0 Å². The number of allylic oxidation sites excluding steroid dienone is 4. The minimum Gasteiger partial charge on any atom is -0.399 e. The number of hydrogen-bond acceptors (Lipinski definition) is 2. The Morgan fingerprint density at radius 3 is 2.53 bits per heavy atom. The van der Waals surface area contributed by atoms with Gasteiger partial charge in [-0.15, -0.1) is 0 Å². The van der Waals surface area contributed by atoms with E-state index in [-0.39, 0.29) is 0 Å². The van der Waals surface area contributed by atoms with Gasteiger partial charge in [0.05, 0.1) is 0 Å². The molecule has 0 heterocycles. The summed E-state index contributed by atoms with van der Waals surface area (Å²) in [6.45, 7) is 9.17. The summed E-state index contributed by atoms with van der Waals surface area (Å²) in [4.78, 5) is 0. The molecule has 0 spiro atoms. The lowest BCUT2D eigenvalue weighted by Gasteiger charge is -2.06. The van der Waals surface area contributed by atoms with E-state index >= 15 is 0 Å². The third kappa shape index (κ3) is 5.96. The van der Waals surface area contributed by atoms with Crippen molar-refractivity contribution in [3.63, 3.8) is 0 Å². The second kappa shape index (κ2) is 8.20. The number of anilines is 2. The van der Waals surface area contributed by atoms with Crippen molar-refractivity contribution in [2.75, 3.05) is 17.6 Å². The lowest BCUT2D eigenvalue weighted by Crippen LogP contribution is -2.01. The van der Waals surface area contributed by atoms with E-state index in [4.69, 9.17) is 5.73 Å². The Morgan fingerprint density at radius 2 is 1.95 bits per heavy atom. The van der Waals surface area contributed by atoms with Crippen LogP contribution in [0.2, 0.25) is 0 Å². The number of hydrogen-bond donors (Lipinski definition) is 2. The van der Waals surface area contributed by atoms with Gasteiger partial charge in [0.1, 0.15) is 0 Å². The van der Waals surface area contributed by atoms with Gasteiger partial charge in [-0.2, -0.15) is 0 Å². The molecule has 0 aliphatic heterocycles. The van der Waals surface area contributed by atoms with Gasteiger partial charge in [0.15, 0.2) is 0 Å². The van der Waals surface area contributed by atoms with Crippen LogP contribution in [0, 0.1) is 0 Å². The van der Waals surface area contributed by atoms with Crippen molar-refractivity contribution in [1.82, 2.24) is 0 Å². The van der Waals surface area contributed by atoms with Crippen LogP contribution in [0.5, 0.6) is 0 Å². The Bertz CT molecular complexity index is 453. The first-order chi connectivity index (χ1) is 9.15. The molecule has 0 radical (unpaired) electrons. The molecular formula is C17H24N2. The molecule has 0 aliphatic carbocycles. The van der Waals surface area contributed by atoms with Crippen LogP contribution in [0.1, 0.15) is 26.7 Å². The minimum atomic E-state index is 0.788. The summed E-state index contributed by atoms with van der Waals surface area (Å²) in [5, 5.41) is 3.35. The van der Waals surface area contributed by atoms with E-state index in [9.17, 15) is 0 Å². The Kier molecular flexibility index (Phi) is 6.51. The zero-order chi connectivity index (χ0) is 14.1. The maximum Gasteiger partial charge on any atom is 0.0341 e.